The summed E-state index contributed by atoms with van der Waals surface area (Å²) in [6.07, 6.45) is 1.30. The quantitative estimate of drug-likeness (QED) is 0.641. The first-order chi connectivity index (χ1) is 11.0. The molecule has 8 nitrogen and oxygen atoms in total. The standard InChI is InChI=1S/C14H12BrN5O3/c1-8(14(22)23-2)19-7-16-12-11(13(19)21)17-18-20(12)10-5-3-9(15)4-6-10/h3-8H,1-2H3. The number of rotatable bonds is 3. The zero-order valence-electron chi connectivity index (χ0n) is 12.3. The molecule has 3 aromatic rings. The van der Waals surface area contributed by atoms with Crippen LogP contribution < -0.4 is 5.56 Å². The zero-order valence-corrected chi connectivity index (χ0v) is 13.9. The SMILES string of the molecule is COC(=O)C(C)n1cnc2c(nnn2-c2ccc(Br)cc2)c1=O. The molecule has 0 spiro atoms. The lowest BCUT2D eigenvalue weighted by molar-refractivity contribution is -0.144. The van der Waals surface area contributed by atoms with Gasteiger partial charge in [-0.05, 0) is 31.2 Å². The average Bonchev–Trinajstić information content (AvgIpc) is 2.99. The normalized spacial score (nSPS) is 12.3. The first kappa shape index (κ1) is 15.3. The summed E-state index contributed by atoms with van der Waals surface area (Å²) in [6.45, 7) is 1.56. The molecule has 0 aliphatic heterocycles. The summed E-state index contributed by atoms with van der Waals surface area (Å²) >= 11 is 3.36. The number of halogens is 1. The molecule has 2 aromatic heterocycles. The first-order valence-corrected chi connectivity index (χ1v) is 7.48. The van der Waals surface area contributed by atoms with E-state index < -0.39 is 17.6 Å². The summed E-state index contributed by atoms with van der Waals surface area (Å²) < 4.78 is 8.21. The monoisotopic (exact) mass is 377 g/mol. The van der Waals surface area contributed by atoms with Crippen molar-refractivity contribution < 1.29 is 9.53 Å². The van der Waals surface area contributed by atoms with Crippen molar-refractivity contribution in [1.29, 1.82) is 0 Å². The first-order valence-electron chi connectivity index (χ1n) is 6.69. The Morgan fingerprint density at radius 3 is 2.65 bits per heavy atom. The lowest BCUT2D eigenvalue weighted by atomic mass is 10.3. The van der Waals surface area contributed by atoms with Gasteiger partial charge in [-0.25, -0.2) is 9.78 Å². The molecule has 0 N–H and O–H groups in total. The molecule has 0 radical (unpaired) electrons. The van der Waals surface area contributed by atoms with E-state index in [9.17, 15) is 9.59 Å². The largest absolute Gasteiger partial charge is 0.467 e. The summed E-state index contributed by atoms with van der Waals surface area (Å²) in [7, 11) is 1.26. The predicted octanol–water partition coefficient (Wildman–Crippen LogP) is 1.47. The van der Waals surface area contributed by atoms with Crippen LogP contribution >= 0.6 is 15.9 Å². The number of benzene rings is 1. The summed E-state index contributed by atoms with van der Waals surface area (Å²) in [6, 6.07) is 6.56. The van der Waals surface area contributed by atoms with E-state index in [-0.39, 0.29) is 5.52 Å². The molecule has 2 heterocycles. The Kier molecular flexibility index (Phi) is 3.95. The third-order valence-electron chi connectivity index (χ3n) is 3.42. The van der Waals surface area contributed by atoms with E-state index in [0.29, 0.717) is 5.65 Å². The van der Waals surface area contributed by atoms with E-state index in [1.54, 1.807) is 6.92 Å². The topological polar surface area (TPSA) is 91.9 Å². The number of aromatic nitrogens is 5. The van der Waals surface area contributed by atoms with Gasteiger partial charge >= 0.3 is 5.97 Å². The Balaban J connectivity index is 2.13. The molecule has 0 saturated carbocycles. The van der Waals surface area contributed by atoms with Crippen LogP contribution in [0, 0.1) is 0 Å². The Morgan fingerprint density at radius 1 is 1.30 bits per heavy atom. The van der Waals surface area contributed by atoms with Gasteiger partial charge in [-0.15, -0.1) is 5.10 Å². The van der Waals surface area contributed by atoms with E-state index in [4.69, 9.17) is 0 Å². The highest BCUT2D eigenvalue weighted by molar-refractivity contribution is 9.10. The van der Waals surface area contributed by atoms with Crippen LogP contribution in [-0.2, 0) is 9.53 Å². The molecule has 1 aromatic carbocycles. The Labute approximate surface area is 138 Å². The second-order valence-corrected chi connectivity index (χ2v) is 5.72. The van der Waals surface area contributed by atoms with Crippen LogP contribution in [0.5, 0.6) is 0 Å². The maximum Gasteiger partial charge on any atom is 0.328 e. The highest BCUT2D eigenvalue weighted by atomic mass is 79.9. The van der Waals surface area contributed by atoms with Crippen molar-refractivity contribution in [3.8, 4) is 5.69 Å². The second kappa shape index (κ2) is 5.92. The summed E-state index contributed by atoms with van der Waals surface area (Å²) in [4.78, 5) is 28.3. The molecular weight excluding hydrogens is 366 g/mol. The third-order valence-corrected chi connectivity index (χ3v) is 3.95. The lowest BCUT2D eigenvalue weighted by Gasteiger charge is -2.11. The molecule has 0 bridgehead atoms. The van der Waals surface area contributed by atoms with Crippen molar-refractivity contribution in [2.75, 3.05) is 7.11 Å². The summed E-state index contributed by atoms with van der Waals surface area (Å²) in [5.41, 5.74) is 0.689. The number of carbonyl (C=O) groups excluding carboxylic acids is 1. The van der Waals surface area contributed by atoms with Gasteiger partial charge < -0.3 is 4.74 Å². The fourth-order valence-corrected chi connectivity index (χ4v) is 2.40. The number of ether oxygens (including phenoxy) is 1. The van der Waals surface area contributed by atoms with Crippen LogP contribution in [0.15, 0.2) is 39.9 Å². The molecule has 3 rings (SSSR count). The highest BCUT2D eigenvalue weighted by Crippen LogP contribution is 2.16. The fourth-order valence-electron chi connectivity index (χ4n) is 2.14. The van der Waals surface area contributed by atoms with Gasteiger partial charge in [0.2, 0.25) is 0 Å². The maximum absolute atomic E-state index is 12.5. The zero-order chi connectivity index (χ0) is 16.6. The van der Waals surface area contributed by atoms with Crippen LogP contribution in [0.4, 0.5) is 0 Å². The summed E-state index contributed by atoms with van der Waals surface area (Å²) in [5, 5.41) is 7.88. The van der Waals surface area contributed by atoms with Crippen molar-refractivity contribution in [1.82, 2.24) is 24.5 Å². The maximum atomic E-state index is 12.5. The lowest BCUT2D eigenvalue weighted by Crippen LogP contribution is -2.29. The molecular formula is C14H12BrN5O3. The molecule has 9 heteroatoms. The van der Waals surface area contributed by atoms with E-state index in [0.717, 1.165) is 10.2 Å². The predicted molar refractivity (Wildman–Crippen MR) is 85.3 cm³/mol. The van der Waals surface area contributed by atoms with Gasteiger partial charge in [0.1, 0.15) is 12.4 Å². The average molecular weight is 378 g/mol. The molecule has 118 valence electrons. The van der Waals surface area contributed by atoms with E-state index in [1.807, 2.05) is 24.3 Å². The van der Waals surface area contributed by atoms with Crippen LogP contribution in [0.25, 0.3) is 16.9 Å². The van der Waals surface area contributed by atoms with Crippen molar-refractivity contribution in [3.63, 3.8) is 0 Å². The number of esters is 1. The number of carbonyl (C=O) groups is 1. The van der Waals surface area contributed by atoms with Crippen LogP contribution in [0.3, 0.4) is 0 Å². The molecule has 1 atom stereocenters. The number of fused-ring (bicyclic) bond motifs is 1. The Hall–Kier alpha value is -2.55. The smallest absolute Gasteiger partial charge is 0.328 e. The molecule has 23 heavy (non-hydrogen) atoms. The second-order valence-electron chi connectivity index (χ2n) is 4.81. The highest BCUT2D eigenvalue weighted by Gasteiger charge is 2.20. The van der Waals surface area contributed by atoms with Crippen molar-refractivity contribution >= 4 is 33.1 Å². The molecule has 0 amide bonds. The Morgan fingerprint density at radius 2 is 2.00 bits per heavy atom. The Bertz CT molecular complexity index is 932. The number of nitrogens with zero attached hydrogens (tertiary/aromatic N) is 5. The number of hydrogen-bond donors (Lipinski definition) is 0. The minimum absolute atomic E-state index is 0.0890. The third kappa shape index (κ3) is 2.63. The van der Waals surface area contributed by atoms with Gasteiger partial charge in [0.25, 0.3) is 5.56 Å². The van der Waals surface area contributed by atoms with Crippen molar-refractivity contribution in [3.05, 3.63) is 45.4 Å². The number of hydrogen-bond acceptors (Lipinski definition) is 6. The van der Waals surface area contributed by atoms with Gasteiger partial charge in [-0.1, -0.05) is 21.1 Å². The fraction of sp³-hybridized carbons (Fsp3) is 0.214. The number of methoxy groups -OCH3 is 1. The van der Waals surface area contributed by atoms with Gasteiger partial charge in [-0.2, -0.15) is 4.68 Å². The molecule has 0 aliphatic carbocycles. The minimum atomic E-state index is -0.790. The molecule has 0 fully saturated rings. The molecule has 0 saturated heterocycles. The summed E-state index contributed by atoms with van der Waals surface area (Å²) in [5.74, 6) is -0.534. The van der Waals surface area contributed by atoms with Crippen LogP contribution in [0.2, 0.25) is 0 Å². The van der Waals surface area contributed by atoms with E-state index >= 15 is 0 Å². The minimum Gasteiger partial charge on any atom is -0.467 e. The van der Waals surface area contributed by atoms with Crippen LogP contribution in [0.1, 0.15) is 13.0 Å². The van der Waals surface area contributed by atoms with Gasteiger partial charge in [0, 0.05) is 4.47 Å². The van der Waals surface area contributed by atoms with Crippen molar-refractivity contribution in [2.24, 2.45) is 0 Å². The molecule has 0 aliphatic rings. The van der Waals surface area contributed by atoms with E-state index in [2.05, 4.69) is 36.0 Å². The van der Waals surface area contributed by atoms with Gasteiger partial charge in [0.05, 0.1) is 12.8 Å². The van der Waals surface area contributed by atoms with Crippen molar-refractivity contribution in [2.45, 2.75) is 13.0 Å². The van der Waals surface area contributed by atoms with E-state index in [1.165, 1.54) is 22.7 Å². The van der Waals surface area contributed by atoms with Crippen LogP contribution in [-0.4, -0.2) is 37.6 Å². The molecule has 1 unspecified atom stereocenters. The van der Waals surface area contributed by atoms with Gasteiger partial charge in [0.15, 0.2) is 11.2 Å². The van der Waals surface area contributed by atoms with Gasteiger partial charge in [-0.3, -0.25) is 9.36 Å².